The summed E-state index contributed by atoms with van der Waals surface area (Å²) < 4.78 is 4.66. The fourth-order valence-electron chi connectivity index (χ4n) is 6.73. The van der Waals surface area contributed by atoms with Crippen LogP contribution in [0.4, 0.5) is 0 Å². The van der Waals surface area contributed by atoms with E-state index in [9.17, 15) is 0 Å². The smallest absolute Gasteiger partial charge is 0.138 e. The molecule has 0 atom stereocenters. The van der Waals surface area contributed by atoms with Crippen molar-refractivity contribution in [2.75, 3.05) is 0 Å². The molecule has 0 unspecified atom stereocenters. The van der Waals surface area contributed by atoms with Gasteiger partial charge >= 0.3 is 0 Å². The monoisotopic (exact) mass is 561 g/mol. The second kappa shape index (κ2) is 9.82. The Morgan fingerprint density at radius 2 is 1.14 bits per heavy atom. The quantitative estimate of drug-likeness (QED) is 0.210. The van der Waals surface area contributed by atoms with Crippen LogP contribution >= 0.6 is 0 Å². The van der Waals surface area contributed by atoms with Crippen molar-refractivity contribution in [3.63, 3.8) is 0 Å². The molecule has 44 heavy (non-hydrogen) atoms. The molecule has 0 aliphatic heterocycles. The van der Waals surface area contributed by atoms with E-state index < -0.39 is 0 Å². The SMILES string of the molecule is c1ccc(-c2cc(-c3ccccc3)nc(-n3c4ccc5ccccc5c4c4ccc5c(ccn5-c5ccccc5)c43)c2)cc1. The van der Waals surface area contributed by atoms with E-state index in [4.69, 9.17) is 4.98 Å². The zero-order chi connectivity index (χ0) is 29.0. The molecule has 0 fully saturated rings. The van der Waals surface area contributed by atoms with Gasteiger partial charge in [0.15, 0.2) is 0 Å². The molecule has 206 valence electrons. The van der Waals surface area contributed by atoms with Gasteiger partial charge < -0.3 is 4.57 Å². The first kappa shape index (κ1) is 24.6. The third-order valence-corrected chi connectivity index (χ3v) is 8.74. The fraction of sp³-hybridized carbons (Fsp3) is 0. The van der Waals surface area contributed by atoms with Crippen LogP contribution in [0.1, 0.15) is 0 Å². The lowest BCUT2D eigenvalue weighted by atomic mass is 10.0. The minimum absolute atomic E-state index is 0.903. The van der Waals surface area contributed by atoms with E-state index in [1.54, 1.807) is 0 Å². The summed E-state index contributed by atoms with van der Waals surface area (Å²) in [6, 6.07) is 56.1. The van der Waals surface area contributed by atoms with Crippen molar-refractivity contribution >= 4 is 43.5 Å². The van der Waals surface area contributed by atoms with Crippen LogP contribution in [0.5, 0.6) is 0 Å². The van der Waals surface area contributed by atoms with Gasteiger partial charge in [0.05, 0.1) is 22.2 Å². The van der Waals surface area contributed by atoms with Crippen LogP contribution in [0.2, 0.25) is 0 Å². The van der Waals surface area contributed by atoms with Crippen molar-refractivity contribution in [3.05, 3.63) is 164 Å². The molecular formula is C41H27N3. The Balaban J connectivity index is 1.43. The second-order valence-corrected chi connectivity index (χ2v) is 11.3. The Kier molecular flexibility index (Phi) is 5.50. The van der Waals surface area contributed by atoms with Crippen molar-refractivity contribution in [1.29, 1.82) is 0 Å². The van der Waals surface area contributed by atoms with Gasteiger partial charge in [0, 0.05) is 33.6 Å². The van der Waals surface area contributed by atoms with Gasteiger partial charge in [-0.3, -0.25) is 4.57 Å². The van der Waals surface area contributed by atoms with Crippen LogP contribution in [0.25, 0.3) is 77.4 Å². The Labute approximate surface area is 254 Å². The zero-order valence-electron chi connectivity index (χ0n) is 23.9. The highest BCUT2D eigenvalue weighted by atomic mass is 15.1. The number of hydrogen-bond acceptors (Lipinski definition) is 1. The van der Waals surface area contributed by atoms with Crippen molar-refractivity contribution in [2.24, 2.45) is 0 Å². The fourth-order valence-corrected chi connectivity index (χ4v) is 6.73. The second-order valence-electron chi connectivity index (χ2n) is 11.3. The lowest BCUT2D eigenvalue weighted by Crippen LogP contribution is -2.00. The van der Waals surface area contributed by atoms with Crippen molar-refractivity contribution in [2.45, 2.75) is 0 Å². The Hall–Kier alpha value is -5.93. The number of hydrogen-bond donors (Lipinski definition) is 0. The van der Waals surface area contributed by atoms with Gasteiger partial charge in [-0.05, 0) is 64.4 Å². The van der Waals surface area contributed by atoms with E-state index in [-0.39, 0.29) is 0 Å². The summed E-state index contributed by atoms with van der Waals surface area (Å²) in [5, 5.41) is 6.15. The van der Waals surface area contributed by atoms with Crippen molar-refractivity contribution < 1.29 is 0 Å². The molecule has 0 aliphatic rings. The minimum Gasteiger partial charge on any atom is -0.316 e. The summed E-state index contributed by atoms with van der Waals surface area (Å²) in [6.07, 6.45) is 2.18. The molecule has 3 nitrogen and oxygen atoms in total. The van der Waals surface area contributed by atoms with E-state index in [1.807, 2.05) is 0 Å². The third kappa shape index (κ3) is 3.80. The molecule has 0 aliphatic carbocycles. The molecule has 3 heteroatoms. The van der Waals surface area contributed by atoms with Crippen LogP contribution < -0.4 is 0 Å². The van der Waals surface area contributed by atoms with Gasteiger partial charge in [0.25, 0.3) is 0 Å². The van der Waals surface area contributed by atoms with E-state index in [2.05, 4.69) is 173 Å². The average molecular weight is 562 g/mol. The van der Waals surface area contributed by atoms with Gasteiger partial charge in [0.1, 0.15) is 5.82 Å². The van der Waals surface area contributed by atoms with E-state index >= 15 is 0 Å². The van der Waals surface area contributed by atoms with E-state index in [1.165, 1.54) is 43.5 Å². The van der Waals surface area contributed by atoms with Crippen LogP contribution in [0.15, 0.2) is 164 Å². The van der Waals surface area contributed by atoms with Crippen molar-refractivity contribution in [1.82, 2.24) is 14.1 Å². The maximum atomic E-state index is 5.38. The van der Waals surface area contributed by atoms with Crippen LogP contribution in [-0.2, 0) is 0 Å². The number of nitrogens with zero attached hydrogens (tertiary/aromatic N) is 3. The van der Waals surface area contributed by atoms with Crippen LogP contribution in [0, 0.1) is 0 Å². The maximum Gasteiger partial charge on any atom is 0.138 e. The highest BCUT2D eigenvalue weighted by molar-refractivity contribution is 6.25. The number of aromatic nitrogens is 3. The Morgan fingerprint density at radius 3 is 1.93 bits per heavy atom. The molecule has 0 saturated carbocycles. The molecule has 0 bridgehead atoms. The number of rotatable bonds is 4. The summed E-state index contributed by atoms with van der Waals surface area (Å²) in [5.41, 5.74) is 8.98. The topological polar surface area (TPSA) is 22.8 Å². The molecule has 0 amide bonds. The standard InChI is InChI=1S/C41H27N3/c1-4-12-28(13-5-1)31-26-36(30-15-6-2-7-16-30)42-39(27-31)44-38-22-20-29-14-10-11-19-33(29)40(38)35-21-23-37-34(41(35)44)24-25-43(37)32-17-8-3-9-18-32/h1-27H. The third-order valence-electron chi connectivity index (χ3n) is 8.74. The van der Waals surface area contributed by atoms with Gasteiger partial charge in [-0.15, -0.1) is 0 Å². The van der Waals surface area contributed by atoms with Gasteiger partial charge in [-0.1, -0.05) is 115 Å². The number of fused-ring (bicyclic) bond motifs is 7. The number of pyridine rings is 1. The molecule has 3 aromatic heterocycles. The normalized spacial score (nSPS) is 11.6. The lowest BCUT2D eigenvalue weighted by Gasteiger charge is -2.13. The van der Waals surface area contributed by atoms with E-state index in [0.717, 1.165) is 33.8 Å². The molecule has 0 radical (unpaired) electrons. The highest BCUT2D eigenvalue weighted by Crippen LogP contribution is 2.41. The van der Waals surface area contributed by atoms with Gasteiger partial charge in [0.2, 0.25) is 0 Å². The van der Waals surface area contributed by atoms with Gasteiger partial charge in [-0.25, -0.2) is 4.98 Å². The summed E-state index contributed by atoms with van der Waals surface area (Å²) >= 11 is 0. The predicted molar refractivity (Wildman–Crippen MR) is 184 cm³/mol. The summed E-state index contributed by atoms with van der Waals surface area (Å²) in [7, 11) is 0. The molecule has 9 aromatic rings. The number of para-hydroxylation sites is 1. The maximum absolute atomic E-state index is 5.38. The first-order valence-corrected chi connectivity index (χ1v) is 15.0. The minimum atomic E-state index is 0.903. The molecule has 9 rings (SSSR count). The predicted octanol–water partition coefficient (Wildman–Crippen LogP) is 10.6. The molecule has 3 heterocycles. The molecule has 6 aromatic carbocycles. The van der Waals surface area contributed by atoms with Gasteiger partial charge in [-0.2, -0.15) is 0 Å². The Morgan fingerprint density at radius 1 is 0.455 bits per heavy atom. The van der Waals surface area contributed by atoms with E-state index in [0.29, 0.717) is 0 Å². The van der Waals surface area contributed by atoms with Crippen LogP contribution in [0.3, 0.4) is 0 Å². The zero-order valence-corrected chi connectivity index (χ0v) is 23.9. The largest absolute Gasteiger partial charge is 0.316 e. The highest BCUT2D eigenvalue weighted by Gasteiger charge is 2.20. The first-order valence-electron chi connectivity index (χ1n) is 15.0. The molecule has 0 saturated heterocycles. The summed E-state index contributed by atoms with van der Waals surface area (Å²) in [4.78, 5) is 5.38. The average Bonchev–Trinajstić information content (AvgIpc) is 3.69. The summed E-state index contributed by atoms with van der Waals surface area (Å²) in [6.45, 7) is 0. The van der Waals surface area contributed by atoms with Crippen molar-refractivity contribution in [3.8, 4) is 33.9 Å². The van der Waals surface area contributed by atoms with Crippen LogP contribution in [-0.4, -0.2) is 14.1 Å². The lowest BCUT2D eigenvalue weighted by molar-refractivity contribution is 1.09. The molecule has 0 spiro atoms. The molecular weight excluding hydrogens is 534 g/mol. The Bertz CT molecular complexity index is 2410. The first-order chi connectivity index (χ1) is 21.8. The molecule has 0 N–H and O–H groups in total. The number of benzene rings is 6. The summed E-state index contributed by atoms with van der Waals surface area (Å²) in [5.74, 6) is 0.903.